The van der Waals surface area contributed by atoms with Crippen LogP contribution in [0.2, 0.25) is 0 Å². The third kappa shape index (κ3) is 4.92. The molecule has 1 N–H and O–H groups in total. The van der Waals surface area contributed by atoms with Crippen LogP contribution in [0.25, 0.3) is 28.0 Å². The van der Waals surface area contributed by atoms with Crippen molar-refractivity contribution in [1.29, 1.82) is 5.26 Å². The molecular formula is C29H20F5N7O2. The summed E-state index contributed by atoms with van der Waals surface area (Å²) in [6, 6.07) is 11.0. The second-order valence-electron chi connectivity index (χ2n) is 9.98. The smallest absolute Gasteiger partial charge is 0.337 e. The first-order chi connectivity index (χ1) is 20.6. The highest BCUT2D eigenvalue weighted by Gasteiger charge is 2.34. The summed E-state index contributed by atoms with van der Waals surface area (Å²) >= 11 is 0. The maximum absolute atomic E-state index is 14.5. The summed E-state index contributed by atoms with van der Waals surface area (Å²) in [6.45, 7) is 0.396. The van der Waals surface area contributed by atoms with Gasteiger partial charge >= 0.3 is 11.9 Å². The van der Waals surface area contributed by atoms with Crippen LogP contribution in [-0.2, 0) is 6.18 Å². The van der Waals surface area contributed by atoms with Crippen LogP contribution in [0.5, 0.6) is 0 Å². The Labute approximate surface area is 239 Å². The fourth-order valence-electron chi connectivity index (χ4n) is 5.41. The average Bonchev–Trinajstić information content (AvgIpc) is 3.58. The lowest BCUT2D eigenvalue weighted by Crippen LogP contribution is -2.40. The first-order valence-electron chi connectivity index (χ1n) is 13.1. The Morgan fingerprint density at radius 3 is 2.47 bits per heavy atom. The number of likely N-dealkylation sites (tertiary alicyclic amines) is 1. The number of halogens is 5. The molecule has 3 aromatic heterocycles. The van der Waals surface area contributed by atoms with Crippen LogP contribution in [0.3, 0.4) is 0 Å². The number of alkyl halides is 3. The number of aromatic nitrogens is 5. The molecule has 4 heterocycles. The second kappa shape index (κ2) is 10.5. The van der Waals surface area contributed by atoms with Crippen LogP contribution < -0.4 is 5.69 Å². The zero-order valence-corrected chi connectivity index (χ0v) is 22.1. The summed E-state index contributed by atoms with van der Waals surface area (Å²) in [7, 11) is 0. The molecule has 1 amide bonds. The number of nitrogens with one attached hydrogen (secondary N) is 1. The van der Waals surface area contributed by atoms with E-state index in [0.717, 1.165) is 12.1 Å². The molecule has 1 saturated heterocycles. The molecule has 0 unspecified atom stereocenters. The zero-order valence-electron chi connectivity index (χ0n) is 22.1. The number of hydrogen-bond donors (Lipinski definition) is 1. The molecule has 2 aromatic carbocycles. The fourth-order valence-corrected chi connectivity index (χ4v) is 5.41. The minimum absolute atomic E-state index is 0.0265. The minimum Gasteiger partial charge on any atom is -0.337 e. The predicted molar refractivity (Wildman–Crippen MR) is 143 cm³/mol. The number of nitriles is 1. The molecule has 0 aliphatic carbocycles. The number of carbonyl (C=O) groups excluding carboxylic acids is 1. The predicted octanol–water partition coefficient (Wildman–Crippen LogP) is 5.22. The lowest BCUT2D eigenvalue weighted by Gasteiger charge is -2.32. The quantitative estimate of drug-likeness (QED) is 0.287. The number of rotatable bonds is 4. The van der Waals surface area contributed by atoms with Crippen molar-refractivity contribution in [3.8, 4) is 23.0 Å². The van der Waals surface area contributed by atoms with E-state index in [-0.39, 0.29) is 35.6 Å². The molecule has 5 aromatic rings. The first-order valence-corrected chi connectivity index (χ1v) is 13.1. The molecule has 218 valence electrons. The Bertz CT molecular complexity index is 1960. The highest BCUT2D eigenvalue weighted by Crippen LogP contribution is 2.34. The number of aromatic amines is 1. The van der Waals surface area contributed by atoms with Crippen molar-refractivity contribution in [1.82, 2.24) is 29.2 Å². The van der Waals surface area contributed by atoms with Crippen LogP contribution in [0.1, 0.15) is 40.5 Å². The van der Waals surface area contributed by atoms with Crippen molar-refractivity contribution >= 4 is 16.9 Å². The number of nitrogens with zero attached hydrogens (tertiary/aromatic N) is 6. The van der Waals surface area contributed by atoms with Gasteiger partial charge in [0.25, 0.3) is 5.91 Å². The van der Waals surface area contributed by atoms with Gasteiger partial charge in [-0.1, -0.05) is 0 Å². The molecule has 43 heavy (non-hydrogen) atoms. The van der Waals surface area contributed by atoms with Gasteiger partial charge in [-0.15, -0.1) is 0 Å². The molecule has 1 fully saturated rings. The molecular weight excluding hydrogens is 573 g/mol. The SMILES string of the molecule is N#Cc1c(F)ccc2[nH]c(=O)n(C3CCN(C(=O)c4cc(-c5cccnc5)n(-c5ccc(C(F)(F)F)c(F)c5)n4)CC3)c12. The third-order valence-corrected chi connectivity index (χ3v) is 7.45. The fraction of sp³-hybridized carbons (Fsp3) is 0.207. The molecule has 14 heteroatoms. The molecule has 0 radical (unpaired) electrons. The van der Waals surface area contributed by atoms with E-state index < -0.39 is 41.0 Å². The molecule has 0 saturated carbocycles. The Hall–Kier alpha value is -5.32. The van der Waals surface area contributed by atoms with Crippen LogP contribution in [0, 0.1) is 23.0 Å². The van der Waals surface area contributed by atoms with Crippen LogP contribution >= 0.6 is 0 Å². The molecule has 9 nitrogen and oxygen atoms in total. The third-order valence-electron chi connectivity index (χ3n) is 7.45. The lowest BCUT2D eigenvalue weighted by molar-refractivity contribution is -0.140. The van der Waals surface area contributed by atoms with E-state index in [4.69, 9.17) is 0 Å². The van der Waals surface area contributed by atoms with Gasteiger partial charge in [0.1, 0.15) is 23.3 Å². The van der Waals surface area contributed by atoms with Gasteiger partial charge in [0.15, 0.2) is 5.69 Å². The minimum atomic E-state index is -4.88. The number of hydrogen-bond acceptors (Lipinski definition) is 5. The van der Waals surface area contributed by atoms with Gasteiger partial charge in [0.2, 0.25) is 0 Å². The van der Waals surface area contributed by atoms with Crippen LogP contribution in [0.15, 0.2) is 65.7 Å². The standard InChI is InChI=1S/C29H20F5N7O2/c30-21-5-6-23-26(19(21)14-35)40(28(43)37-23)17-7-10-39(11-8-17)27(42)24-13-25(16-2-1-9-36-15-16)41(38-24)18-3-4-20(22(31)12-18)29(32,33)34/h1-6,9,12-13,15,17H,7-8,10-11H2,(H,37,43). The van der Waals surface area contributed by atoms with Crippen LogP contribution in [0.4, 0.5) is 22.0 Å². The number of amides is 1. The van der Waals surface area contributed by atoms with Gasteiger partial charge in [-0.25, -0.2) is 18.3 Å². The van der Waals surface area contributed by atoms with Crippen molar-refractivity contribution in [3.05, 3.63) is 99.9 Å². The Kier molecular flexibility index (Phi) is 6.80. The van der Waals surface area contributed by atoms with E-state index in [0.29, 0.717) is 41.7 Å². The number of carbonyl (C=O) groups is 1. The average molecular weight is 594 g/mol. The highest BCUT2D eigenvalue weighted by molar-refractivity contribution is 5.93. The van der Waals surface area contributed by atoms with Crippen LogP contribution in [-0.4, -0.2) is 48.2 Å². The van der Waals surface area contributed by atoms with Crippen molar-refractivity contribution in [3.63, 3.8) is 0 Å². The Morgan fingerprint density at radius 2 is 1.81 bits per heavy atom. The number of benzene rings is 2. The maximum Gasteiger partial charge on any atom is 0.419 e. The molecule has 1 aliphatic heterocycles. The topological polar surface area (TPSA) is 113 Å². The van der Waals surface area contributed by atoms with Gasteiger partial charge in [-0.3, -0.25) is 14.3 Å². The zero-order chi connectivity index (χ0) is 30.5. The molecule has 1 aliphatic rings. The summed E-state index contributed by atoms with van der Waals surface area (Å²) in [4.78, 5) is 34.5. The maximum atomic E-state index is 14.5. The van der Waals surface area contributed by atoms with E-state index in [1.165, 1.54) is 38.7 Å². The largest absolute Gasteiger partial charge is 0.419 e. The van der Waals surface area contributed by atoms with Crippen molar-refractivity contribution < 1.29 is 26.7 Å². The summed E-state index contributed by atoms with van der Waals surface area (Å²) in [6.07, 6.45) is -1.25. The monoisotopic (exact) mass is 593 g/mol. The normalized spacial score (nSPS) is 14.3. The summed E-state index contributed by atoms with van der Waals surface area (Å²) in [5.41, 5.74) is -0.931. The number of H-pyrrole nitrogens is 1. The number of fused-ring (bicyclic) bond motifs is 1. The van der Waals surface area contributed by atoms with E-state index in [1.54, 1.807) is 12.1 Å². The Morgan fingerprint density at radius 1 is 1.05 bits per heavy atom. The Balaban J connectivity index is 1.30. The van der Waals surface area contributed by atoms with Gasteiger partial charge in [-0.2, -0.15) is 23.5 Å². The molecule has 0 spiro atoms. The van der Waals surface area contributed by atoms with E-state index in [9.17, 15) is 36.8 Å². The van der Waals surface area contributed by atoms with Gasteiger partial charge in [0.05, 0.1) is 28.0 Å². The summed E-state index contributed by atoms with van der Waals surface area (Å²) in [5.74, 6) is -2.72. The molecule has 6 rings (SSSR count). The summed E-state index contributed by atoms with van der Waals surface area (Å²) in [5, 5.41) is 13.8. The van der Waals surface area contributed by atoms with E-state index >= 15 is 0 Å². The van der Waals surface area contributed by atoms with Gasteiger partial charge < -0.3 is 9.88 Å². The number of pyridine rings is 1. The number of imidazole rings is 1. The van der Waals surface area contributed by atoms with E-state index in [1.807, 2.05) is 6.07 Å². The second-order valence-corrected chi connectivity index (χ2v) is 9.98. The van der Waals surface area contributed by atoms with Gasteiger partial charge in [-0.05, 0) is 55.3 Å². The first kappa shape index (κ1) is 27.8. The van der Waals surface area contributed by atoms with Crippen molar-refractivity contribution in [2.24, 2.45) is 0 Å². The summed E-state index contributed by atoms with van der Waals surface area (Å²) < 4.78 is 70.7. The van der Waals surface area contributed by atoms with Gasteiger partial charge in [0, 0.05) is 43.2 Å². The molecule has 0 atom stereocenters. The van der Waals surface area contributed by atoms with E-state index in [2.05, 4.69) is 15.1 Å². The molecule has 0 bridgehead atoms. The lowest BCUT2D eigenvalue weighted by atomic mass is 10.0. The van der Waals surface area contributed by atoms with Crippen molar-refractivity contribution in [2.75, 3.05) is 13.1 Å². The highest BCUT2D eigenvalue weighted by atomic mass is 19.4. The number of piperidine rings is 1. The van der Waals surface area contributed by atoms with Crippen molar-refractivity contribution in [2.45, 2.75) is 25.1 Å².